The summed E-state index contributed by atoms with van der Waals surface area (Å²) in [4.78, 5) is 22.4. The van der Waals surface area contributed by atoms with Crippen LogP contribution in [0.15, 0.2) is 0 Å². The first-order chi connectivity index (χ1) is 9.10. The molecule has 5 nitrogen and oxygen atoms in total. The van der Waals surface area contributed by atoms with Gasteiger partial charge in [0.2, 0.25) is 0 Å². The second-order valence-electron chi connectivity index (χ2n) is 4.62. The molecule has 0 aliphatic heterocycles. The van der Waals surface area contributed by atoms with E-state index in [9.17, 15) is 9.59 Å². The smallest absolute Gasteiger partial charge is 0.332 e. The summed E-state index contributed by atoms with van der Waals surface area (Å²) in [7, 11) is 0. The molecule has 0 aliphatic rings. The van der Waals surface area contributed by atoms with Gasteiger partial charge in [0, 0.05) is 0 Å². The Kier molecular flexibility index (Phi) is 11.3. The Labute approximate surface area is 115 Å². The van der Waals surface area contributed by atoms with Gasteiger partial charge < -0.3 is 14.2 Å². The van der Waals surface area contributed by atoms with Crippen molar-refractivity contribution in [1.82, 2.24) is 0 Å². The number of hydrogen-bond donors (Lipinski definition) is 0. The molecule has 0 heterocycles. The van der Waals surface area contributed by atoms with Gasteiger partial charge in [-0.3, -0.25) is 0 Å². The first-order valence-electron chi connectivity index (χ1n) is 6.99. The fourth-order valence-electron chi connectivity index (χ4n) is 1.19. The molecule has 0 spiro atoms. The Bertz CT molecular complexity index is 252. The van der Waals surface area contributed by atoms with Gasteiger partial charge in [-0.2, -0.15) is 0 Å². The molecule has 0 aromatic heterocycles. The van der Waals surface area contributed by atoms with Gasteiger partial charge >= 0.3 is 11.9 Å². The number of ether oxygens (including phenoxy) is 3. The molecule has 0 radical (unpaired) electrons. The van der Waals surface area contributed by atoms with E-state index >= 15 is 0 Å². The molecule has 1 unspecified atom stereocenters. The minimum atomic E-state index is -0.445. The molecule has 0 saturated heterocycles. The molecule has 0 aliphatic carbocycles. The summed E-state index contributed by atoms with van der Waals surface area (Å²) in [6.45, 7) is 6.50. The molecule has 0 N–H and O–H groups in total. The van der Waals surface area contributed by atoms with Gasteiger partial charge in [0.05, 0.1) is 13.2 Å². The zero-order chi connectivity index (χ0) is 14.5. The zero-order valence-electron chi connectivity index (χ0n) is 12.3. The first-order valence-corrected chi connectivity index (χ1v) is 6.99. The van der Waals surface area contributed by atoms with Crippen molar-refractivity contribution in [2.24, 2.45) is 5.92 Å². The highest BCUT2D eigenvalue weighted by Gasteiger charge is 2.08. The molecule has 0 bridgehead atoms. The third-order valence-corrected chi connectivity index (χ3v) is 2.68. The van der Waals surface area contributed by atoms with E-state index in [-0.39, 0.29) is 13.2 Å². The number of hydrogen-bond acceptors (Lipinski definition) is 5. The van der Waals surface area contributed by atoms with Crippen molar-refractivity contribution in [3.8, 4) is 0 Å². The number of carbonyl (C=O) groups is 2. The summed E-state index contributed by atoms with van der Waals surface area (Å²) in [5.74, 6) is -0.544. The largest absolute Gasteiger partial charge is 0.464 e. The Hall–Kier alpha value is -1.10. The predicted molar refractivity (Wildman–Crippen MR) is 71.7 cm³/mol. The van der Waals surface area contributed by atoms with Gasteiger partial charge in [0.1, 0.15) is 13.2 Å². The van der Waals surface area contributed by atoms with Crippen molar-refractivity contribution in [2.75, 3.05) is 26.4 Å². The Morgan fingerprint density at radius 2 is 1.63 bits per heavy atom. The number of esters is 2. The van der Waals surface area contributed by atoms with Gasteiger partial charge in [-0.25, -0.2) is 9.59 Å². The lowest BCUT2D eigenvalue weighted by Crippen LogP contribution is -2.20. The molecule has 1 atom stereocenters. The van der Waals surface area contributed by atoms with Crippen LogP contribution in [-0.2, 0) is 23.8 Å². The average Bonchev–Trinajstić information content (AvgIpc) is 2.41. The highest BCUT2D eigenvalue weighted by Crippen LogP contribution is 2.00. The van der Waals surface area contributed by atoms with E-state index in [0.717, 1.165) is 25.7 Å². The molecule has 0 rings (SSSR count). The molecule has 0 amide bonds. The summed E-state index contributed by atoms with van der Waals surface area (Å²) in [5, 5.41) is 0. The zero-order valence-corrected chi connectivity index (χ0v) is 12.3. The third kappa shape index (κ3) is 11.7. The SMILES string of the molecule is CCCCCOC(=O)COCC(=O)OCC(C)CC. The standard InChI is InChI=1S/C14H26O5/c1-4-6-7-8-18-13(15)10-17-11-14(16)19-9-12(3)5-2/h12H,4-11H2,1-3H3. The fourth-order valence-corrected chi connectivity index (χ4v) is 1.19. The van der Waals surface area contributed by atoms with E-state index in [1.807, 2.05) is 13.8 Å². The molecular formula is C14H26O5. The molecule has 0 fully saturated rings. The summed E-state index contributed by atoms with van der Waals surface area (Å²) in [6.07, 6.45) is 3.93. The molecular weight excluding hydrogens is 248 g/mol. The normalized spacial score (nSPS) is 11.9. The first kappa shape index (κ1) is 17.9. The maximum Gasteiger partial charge on any atom is 0.332 e. The Balaban J connectivity index is 3.45. The van der Waals surface area contributed by atoms with Crippen LogP contribution in [0.2, 0.25) is 0 Å². The fraction of sp³-hybridized carbons (Fsp3) is 0.857. The van der Waals surface area contributed by atoms with E-state index in [2.05, 4.69) is 6.92 Å². The lowest BCUT2D eigenvalue weighted by molar-refractivity contribution is -0.156. The Morgan fingerprint density at radius 3 is 2.21 bits per heavy atom. The van der Waals surface area contributed by atoms with Crippen LogP contribution in [0.4, 0.5) is 0 Å². The summed E-state index contributed by atoms with van der Waals surface area (Å²) < 4.78 is 14.8. The van der Waals surface area contributed by atoms with Crippen molar-refractivity contribution in [2.45, 2.75) is 46.5 Å². The molecule has 19 heavy (non-hydrogen) atoms. The summed E-state index contributed by atoms with van der Waals surface area (Å²) >= 11 is 0. The van der Waals surface area contributed by atoms with Crippen LogP contribution in [0.25, 0.3) is 0 Å². The number of carbonyl (C=O) groups excluding carboxylic acids is 2. The van der Waals surface area contributed by atoms with Crippen LogP contribution in [0.1, 0.15) is 46.5 Å². The van der Waals surface area contributed by atoms with E-state index < -0.39 is 11.9 Å². The predicted octanol–water partition coefficient (Wildman–Crippen LogP) is 2.33. The number of unbranched alkanes of at least 4 members (excludes halogenated alkanes) is 2. The van der Waals surface area contributed by atoms with Crippen LogP contribution in [0.5, 0.6) is 0 Å². The van der Waals surface area contributed by atoms with Gasteiger partial charge in [-0.15, -0.1) is 0 Å². The van der Waals surface area contributed by atoms with Crippen LogP contribution in [0, 0.1) is 5.92 Å². The van der Waals surface area contributed by atoms with Crippen molar-refractivity contribution >= 4 is 11.9 Å². The molecule has 0 aromatic carbocycles. The monoisotopic (exact) mass is 274 g/mol. The Morgan fingerprint density at radius 1 is 1.00 bits per heavy atom. The average molecular weight is 274 g/mol. The van der Waals surface area contributed by atoms with Gasteiger partial charge in [0.25, 0.3) is 0 Å². The van der Waals surface area contributed by atoms with Crippen LogP contribution < -0.4 is 0 Å². The van der Waals surface area contributed by atoms with E-state index in [0.29, 0.717) is 19.1 Å². The van der Waals surface area contributed by atoms with Gasteiger partial charge in [-0.1, -0.05) is 40.0 Å². The second-order valence-corrected chi connectivity index (χ2v) is 4.62. The van der Waals surface area contributed by atoms with E-state index in [1.54, 1.807) is 0 Å². The van der Waals surface area contributed by atoms with Crippen LogP contribution in [-0.4, -0.2) is 38.4 Å². The van der Waals surface area contributed by atoms with Gasteiger partial charge in [0.15, 0.2) is 0 Å². The van der Waals surface area contributed by atoms with Crippen molar-refractivity contribution in [1.29, 1.82) is 0 Å². The quantitative estimate of drug-likeness (QED) is 0.427. The van der Waals surface area contributed by atoms with Crippen molar-refractivity contribution in [3.63, 3.8) is 0 Å². The maximum absolute atomic E-state index is 11.2. The lowest BCUT2D eigenvalue weighted by atomic mass is 10.1. The summed E-state index contributed by atoms with van der Waals surface area (Å²) in [5.41, 5.74) is 0. The summed E-state index contributed by atoms with van der Waals surface area (Å²) in [6, 6.07) is 0. The third-order valence-electron chi connectivity index (χ3n) is 2.68. The minimum absolute atomic E-state index is 0.204. The molecule has 0 aromatic rings. The molecule has 5 heteroatoms. The van der Waals surface area contributed by atoms with E-state index in [4.69, 9.17) is 14.2 Å². The molecule has 0 saturated carbocycles. The van der Waals surface area contributed by atoms with Crippen molar-refractivity contribution in [3.05, 3.63) is 0 Å². The van der Waals surface area contributed by atoms with Crippen LogP contribution >= 0.6 is 0 Å². The van der Waals surface area contributed by atoms with Crippen molar-refractivity contribution < 1.29 is 23.8 Å². The lowest BCUT2D eigenvalue weighted by Gasteiger charge is -2.09. The van der Waals surface area contributed by atoms with Gasteiger partial charge in [-0.05, 0) is 12.3 Å². The highest BCUT2D eigenvalue weighted by molar-refractivity contribution is 5.73. The minimum Gasteiger partial charge on any atom is -0.464 e. The topological polar surface area (TPSA) is 61.8 Å². The maximum atomic E-state index is 11.2. The van der Waals surface area contributed by atoms with Crippen LogP contribution in [0.3, 0.4) is 0 Å². The van der Waals surface area contributed by atoms with E-state index in [1.165, 1.54) is 0 Å². The second kappa shape index (κ2) is 12.0. The molecule has 112 valence electrons. The highest BCUT2D eigenvalue weighted by atomic mass is 16.6. The number of rotatable bonds is 11.